The summed E-state index contributed by atoms with van der Waals surface area (Å²) in [5, 5.41) is 0. The second-order valence-electron chi connectivity index (χ2n) is 7.60. The lowest BCUT2D eigenvalue weighted by Gasteiger charge is -2.16. The molecule has 0 spiro atoms. The van der Waals surface area contributed by atoms with Crippen molar-refractivity contribution in [1.82, 2.24) is 9.97 Å². The van der Waals surface area contributed by atoms with Crippen LogP contribution in [0.15, 0.2) is 48.5 Å². The summed E-state index contributed by atoms with van der Waals surface area (Å²) in [5.74, 6) is 0. The molecule has 26 heavy (non-hydrogen) atoms. The first-order valence-corrected chi connectivity index (χ1v) is 9.95. The minimum Gasteiger partial charge on any atom is -0.253 e. The van der Waals surface area contributed by atoms with E-state index in [0.29, 0.717) is 0 Å². The Balaban J connectivity index is 1.51. The van der Waals surface area contributed by atoms with Crippen LogP contribution in [-0.2, 0) is 25.7 Å². The number of fused-ring (bicyclic) bond motifs is 2. The van der Waals surface area contributed by atoms with Gasteiger partial charge in [0.1, 0.15) is 0 Å². The van der Waals surface area contributed by atoms with Crippen LogP contribution < -0.4 is 0 Å². The maximum atomic E-state index is 4.97. The van der Waals surface area contributed by atoms with Gasteiger partial charge in [0.15, 0.2) is 0 Å². The molecule has 0 fully saturated rings. The molecule has 0 saturated heterocycles. The minimum absolute atomic E-state index is 1.09. The molecule has 0 N–H and O–H groups in total. The van der Waals surface area contributed by atoms with Gasteiger partial charge >= 0.3 is 0 Å². The van der Waals surface area contributed by atoms with E-state index in [1.54, 1.807) is 0 Å². The van der Waals surface area contributed by atoms with Crippen molar-refractivity contribution in [1.29, 1.82) is 0 Å². The summed E-state index contributed by atoms with van der Waals surface area (Å²) >= 11 is 0. The topological polar surface area (TPSA) is 25.8 Å². The SMILES string of the molecule is c1cc(-c2ccc3c(n2)CCCC3)cc(-c2ccc3c(n2)CCCC3)c1. The highest BCUT2D eigenvalue weighted by Gasteiger charge is 2.14. The van der Waals surface area contributed by atoms with E-state index >= 15 is 0 Å². The van der Waals surface area contributed by atoms with Crippen LogP contribution in [0.3, 0.4) is 0 Å². The molecule has 2 heteroatoms. The van der Waals surface area contributed by atoms with Crippen molar-refractivity contribution in [2.45, 2.75) is 51.4 Å². The second-order valence-corrected chi connectivity index (χ2v) is 7.60. The van der Waals surface area contributed by atoms with E-state index in [-0.39, 0.29) is 0 Å². The quantitative estimate of drug-likeness (QED) is 0.609. The Kier molecular flexibility index (Phi) is 4.05. The molecule has 5 rings (SSSR count). The smallest absolute Gasteiger partial charge is 0.0705 e. The van der Waals surface area contributed by atoms with Gasteiger partial charge in [-0.05, 0) is 80.7 Å². The van der Waals surface area contributed by atoms with Gasteiger partial charge in [0.05, 0.1) is 11.4 Å². The van der Waals surface area contributed by atoms with Crippen LogP contribution in [0, 0.1) is 0 Å². The lowest BCUT2D eigenvalue weighted by atomic mass is 9.94. The summed E-state index contributed by atoms with van der Waals surface area (Å²) in [7, 11) is 0. The van der Waals surface area contributed by atoms with Gasteiger partial charge in [-0.3, -0.25) is 9.97 Å². The second kappa shape index (κ2) is 6.68. The summed E-state index contributed by atoms with van der Waals surface area (Å²) in [4.78, 5) is 9.94. The zero-order chi connectivity index (χ0) is 17.3. The molecule has 0 unspecified atom stereocenters. The molecule has 130 valence electrons. The van der Waals surface area contributed by atoms with Crippen molar-refractivity contribution >= 4 is 0 Å². The average Bonchev–Trinajstić information content (AvgIpc) is 2.73. The number of rotatable bonds is 2. The lowest BCUT2D eigenvalue weighted by molar-refractivity contribution is 0.668. The maximum Gasteiger partial charge on any atom is 0.0705 e. The van der Waals surface area contributed by atoms with Crippen LogP contribution in [0.25, 0.3) is 22.5 Å². The summed E-state index contributed by atoms with van der Waals surface area (Å²) in [6.07, 6.45) is 9.74. The number of benzene rings is 1. The van der Waals surface area contributed by atoms with Crippen molar-refractivity contribution in [2.75, 3.05) is 0 Å². The van der Waals surface area contributed by atoms with E-state index in [0.717, 1.165) is 24.2 Å². The number of hydrogen-bond donors (Lipinski definition) is 0. The molecule has 0 saturated carbocycles. The zero-order valence-corrected chi connectivity index (χ0v) is 15.2. The third kappa shape index (κ3) is 2.94. The highest BCUT2D eigenvalue weighted by molar-refractivity contribution is 5.70. The van der Waals surface area contributed by atoms with Crippen LogP contribution in [0.4, 0.5) is 0 Å². The van der Waals surface area contributed by atoms with E-state index in [1.165, 1.54) is 72.2 Å². The molecule has 2 aliphatic carbocycles. The molecule has 3 aromatic rings. The molecular formula is C24H24N2. The van der Waals surface area contributed by atoms with Crippen molar-refractivity contribution in [2.24, 2.45) is 0 Å². The molecule has 0 atom stereocenters. The van der Waals surface area contributed by atoms with Crippen molar-refractivity contribution in [3.05, 3.63) is 71.0 Å². The van der Waals surface area contributed by atoms with Gasteiger partial charge in [-0.1, -0.05) is 30.3 Å². The molecule has 2 nitrogen and oxygen atoms in total. The minimum atomic E-state index is 1.09. The monoisotopic (exact) mass is 340 g/mol. The molecule has 2 aliphatic rings. The Morgan fingerprint density at radius 3 is 1.58 bits per heavy atom. The molecule has 1 aromatic carbocycles. The summed E-state index contributed by atoms with van der Waals surface area (Å²) < 4.78 is 0. The molecule has 0 radical (unpaired) electrons. The first-order valence-electron chi connectivity index (χ1n) is 9.95. The Labute approximate surface area is 155 Å². The van der Waals surface area contributed by atoms with Crippen LogP contribution >= 0.6 is 0 Å². The summed E-state index contributed by atoms with van der Waals surface area (Å²) in [6.45, 7) is 0. The van der Waals surface area contributed by atoms with E-state index in [1.807, 2.05) is 0 Å². The fraction of sp³-hybridized carbons (Fsp3) is 0.333. The maximum absolute atomic E-state index is 4.97. The molecule has 2 aromatic heterocycles. The van der Waals surface area contributed by atoms with Crippen molar-refractivity contribution in [3.8, 4) is 22.5 Å². The third-order valence-corrected chi connectivity index (χ3v) is 5.81. The van der Waals surface area contributed by atoms with Gasteiger partial charge in [0.25, 0.3) is 0 Å². The summed E-state index contributed by atoms with van der Waals surface area (Å²) in [6, 6.07) is 17.6. The van der Waals surface area contributed by atoms with E-state index in [4.69, 9.17) is 9.97 Å². The summed E-state index contributed by atoms with van der Waals surface area (Å²) in [5.41, 5.74) is 10.0. The molecular weight excluding hydrogens is 316 g/mol. The predicted molar refractivity (Wildman–Crippen MR) is 106 cm³/mol. The predicted octanol–water partition coefficient (Wildman–Crippen LogP) is 5.57. The fourth-order valence-electron chi connectivity index (χ4n) is 4.32. The number of pyridine rings is 2. The number of nitrogens with zero attached hydrogens (tertiary/aromatic N) is 2. The molecule has 0 amide bonds. The Hall–Kier alpha value is -2.48. The van der Waals surface area contributed by atoms with E-state index in [9.17, 15) is 0 Å². The third-order valence-electron chi connectivity index (χ3n) is 5.81. The van der Waals surface area contributed by atoms with Gasteiger partial charge < -0.3 is 0 Å². The zero-order valence-electron chi connectivity index (χ0n) is 15.2. The van der Waals surface area contributed by atoms with Gasteiger partial charge in [-0.15, -0.1) is 0 Å². The lowest BCUT2D eigenvalue weighted by Crippen LogP contribution is -2.06. The normalized spacial score (nSPS) is 16.0. The van der Waals surface area contributed by atoms with Crippen molar-refractivity contribution < 1.29 is 0 Å². The van der Waals surface area contributed by atoms with E-state index < -0.39 is 0 Å². The van der Waals surface area contributed by atoms with Crippen LogP contribution in [0.1, 0.15) is 48.2 Å². The Morgan fingerprint density at radius 1 is 0.538 bits per heavy atom. The van der Waals surface area contributed by atoms with Crippen LogP contribution in [0.5, 0.6) is 0 Å². The van der Waals surface area contributed by atoms with Crippen LogP contribution in [0.2, 0.25) is 0 Å². The van der Waals surface area contributed by atoms with Crippen LogP contribution in [-0.4, -0.2) is 9.97 Å². The van der Waals surface area contributed by atoms with Gasteiger partial charge in [0.2, 0.25) is 0 Å². The first kappa shape index (κ1) is 15.7. The average molecular weight is 340 g/mol. The van der Waals surface area contributed by atoms with Gasteiger partial charge in [-0.2, -0.15) is 0 Å². The first-order chi connectivity index (χ1) is 12.9. The Bertz CT molecular complexity index is 883. The van der Waals surface area contributed by atoms with Gasteiger partial charge in [0, 0.05) is 22.5 Å². The molecule has 0 bridgehead atoms. The Morgan fingerprint density at radius 2 is 1.04 bits per heavy atom. The molecule has 2 heterocycles. The number of hydrogen-bond acceptors (Lipinski definition) is 2. The van der Waals surface area contributed by atoms with Gasteiger partial charge in [-0.25, -0.2) is 0 Å². The largest absolute Gasteiger partial charge is 0.253 e. The standard InChI is InChI=1S/C24H24N2/c1-3-10-21-17(6-1)12-14-23(25-21)19-8-5-9-20(16-19)24-15-13-18-7-2-4-11-22(18)26-24/h5,8-9,12-16H,1-4,6-7,10-11H2. The fourth-order valence-corrected chi connectivity index (χ4v) is 4.32. The number of aryl methyl sites for hydroxylation is 4. The highest BCUT2D eigenvalue weighted by Crippen LogP contribution is 2.29. The van der Waals surface area contributed by atoms with E-state index in [2.05, 4.69) is 48.5 Å². The van der Waals surface area contributed by atoms with Crippen molar-refractivity contribution in [3.63, 3.8) is 0 Å². The highest BCUT2D eigenvalue weighted by atomic mass is 14.7. The molecule has 0 aliphatic heterocycles. The number of aromatic nitrogens is 2.